The molecule has 2 aromatic rings. The highest BCUT2D eigenvalue weighted by atomic mass is 32.1. The fraction of sp³-hybridized carbons (Fsp3) is 0.438. The van der Waals surface area contributed by atoms with Crippen molar-refractivity contribution in [1.82, 2.24) is 15.1 Å². The van der Waals surface area contributed by atoms with Crippen molar-refractivity contribution in [2.45, 2.75) is 25.5 Å². The van der Waals surface area contributed by atoms with E-state index in [1.165, 1.54) is 11.3 Å². The van der Waals surface area contributed by atoms with Gasteiger partial charge in [-0.15, -0.1) is 10.2 Å². The van der Waals surface area contributed by atoms with Crippen molar-refractivity contribution >= 4 is 22.9 Å². The molecular formula is C16H20N4O2S. The van der Waals surface area contributed by atoms with Crippen molar-refractivity contribution in [2.24, 2.45) is 0 Å². The number of methoxy groups -OCH3 is 1. The number of carbonyl (C=O) groups is 1. The Bertz CT molecular complexity index is 647. The van der Waals surface area contributed by atoms with Crippen LogP contribution in [0, 0.1) is 0 Å². The summed E-state index contributed by atoms with van der Waals surface area (Å²) in [6.45, 7) is 2.66. The number of piperidine rings is 1. The second-order valence-corrected chi connectivity index (χ2v) is 6.62. The van der Waals surface area contributed by atoms with Gasteiger partial charge in [0.2, 0.25) is 5.01 Å². The highest BCUT2D eigenvalue weighted by Crippen LogP contribution is 2.18. The van der Waals surface area contributed by atoms with E-state index < -0.39 is 0 Å². The maximum Gasteiger partial charge on any atom is 0.286 e. The van der Waals surface area contributed by atoms with Crippen LogP contribution in [0.4, 0.5) is 5.69 Å². The predicted molar refractivity (Wildman–Crippen MR) is 89.6 cm³/mol. The van der Waals surface area contributed by atoms with Gasteiger partial charge >= 0.3 is 0 Å². The quantitative estimate of drug-likeness (QED) is 0.911. The number of hydrogen-bond acceptors (Lipinski definition) is 6. The number of anilines is 1. The topological polar surface area (TPSA) is 67.3 Å². The Morgan fingerprint density at radius 1 is 1.39 bits per heavy atom. The number of likely N-dealkylation sites (tertiary alicyclic amines) is 1. The molecule has 1 aromatic carbocycles. The molecule has 122 valence electrons. The molecule has 1 aliphatic rings. The van der Waals surface area contributed by atoms with Crippen molar-refractivity contribution in [3.05, 3.63) is 40.3 Å². The van der Waals surface area contributed by atoms with E-state index in [0.717, 1.165) is 43.2 Å². The fourth-order valence-corrected chi connectivity index (χ4v) is 3.43. The molecule has 0 aliphatic carbocycles. The van der Waals surface area contributed by atoms with E-state index in [2.05, 4.69) is 20.4 Å². The summed E-state index contributed by atoms with van der Waals surface area (Å²) in [5.74, 6) is -0.214. The van der Waals surface area contributed by atoms with Crippen LogP contribution >= 0.6 is 11.3 Å². The Morgan fingerprint density at radius 2 is 2.22 bits per heavy atom. The number of rotatable bonds is 5. The van der Waals surface area contributed by atoms with Gasteiger partial charge in [-0.2, -0.15) is 0 Å². The van der Waals surface area contributed by atoms with Gasteiger partial charge in [0.1, 0.15) is 5.01 Å². The lowest BCUT2D eigenvalue weighted by atomic mass is 10.1. The number of amides is 1. The van der Waals surface area contributed by atoms with Crippen LogP contribution in [0.25, 0.3) is 0 Å². The molecule has 7 heteroatoms. The second kappa shape index (κ2) is 7.63. The number of aromatic nitrogens is 2. The highest BCUT2D eigenvalue weighted by Gasteiger charge is 2.21. The van der Waals surface area contributed by atoms with Gasteiger partial charge < -0.3 is 10.1 Å². The molecule has 1 atom stereocenters. The first kappa shape index (κ1) is 16.0. The molecule has 0 radical (unpaired) electrons. The standard InChI is InChI=1S/C16H20N4O2S/c1-22-13-8-5-9-20(10-13)11-14-18-19-16(23-14)15(21)17-12-6-3-2-4-7-12/h2-4,6-7,13H,5,8-11H2,1H3,(H,17,21)/t13-/m1/s1. The van der Waals surface area contributed by atoms with Gasteiger partial charge in [-0.1, -0.05) is 29.5 Å². The SMILES string of the molecule is CO[C@@H]1CCCN(Cc2nnc(C(=O)Nc3ccccc3)s2)C1. The second-order valence-electron chi connectivity index (χ2n) is 5.56. The molecule has 0 spiro atoms. The smallest absolute Gasteiger partial charge is 0.286 e. The van der Waals surface area contributed by atoms with Gasteiger partial charge in [0.15, 0.2) is 0 Å². The Balaban J connectivity index is 1.58. The Kier molecular flexibility index (Phi) is 5.32. The summed E-state index contributed by atoms with van der Waals surface area (Å²) in [4.78, 5) is 14.5. The Hall–Kier alpha value is -1.83. The molecule has 1 amide bonds. The summed E-state index contributed by atoms with van der Waals surface area (Å²) >= 11 is 1.35. The lowest BCUT2D eigenvalue weighted by Crippen LogP contribution is -2.38. The van der Waals surface area contributed by atoms with Crippen molar-refractivity contribution in [3.8, 4) is 0 Å². The summed E-state index contributed by atoms with van der Waals surface area (Å²) < 4.78 is 5.43. The third-order valence-corrected chi connectivity index (χ3v) is 4.75. The first-order chi connectivity index (χ1) is 11.2. The van der Waals surface area contributed by atoms with Crippen LogP contribution in [-0.4, -0.2) is 47.3 Å². The number of benzene rings is 1. The zero-order valence-electron chi connectivity index (χ0n) is 13.1. The lowest BCUT2D eigenvalue weighted by molar-refractivity contribution is 0.0285. The molecule has 1 aromatic heterocycles. The van der Waals surface area contributed by atoms with E-state index in [1.54, 1.807) is 7.11 Å². The number of nitrogens with zero attached hydrogens (tertiary/aromatic N) is 3. The molecule has 1 saturated heterocycles. The summed E-state index contributed by atoms with van der Waals surface area (Å²) in [5, 5.41) is 12.2. The van der Waals surface area contributed by atoms with Crippen molar-refractivity contribution in [2.75, 3.05) is 25.5 Å². The molecule has 2 heterocycles. The van der Waals surface area contributed by atoms with E-state index in [1.807, 2.05) is 30.3 Å². The largest absolute Gasteiger partial charge is 0.380 e. The third kappa shape index (κ3) is 4.34. The van der Waals surface area contributed by atoms with Crippen molar-refractivity contribution < 1.29 is 9.53 Å². The van der Waals surface area contributed by atoms with Gasteiger partial charge in [0.25, 0.3) is 5.91 Å². The first-order valence-corrected chi connectivity index (χ1v) is 8.50. The van der Waals surface area contributed by atoms with E-state index >= 15 is 0 Å². The molecule has 1 fully saturated rings. The average Bonchev–Trinajstić information content (AvgIpc) is 3.04. The molecule has 23 heavy (non-hydrogen) atoms. The lowest BCUT2D eigenvalue weighted by Gasteiger charge is -2.30. The maximum absolute atomic E-state index is 12.2. The van der Waals surface area contributed by atoms with E-state index in [0.29, 0.717) is 5.01 Å². The minimum Gasteiger partial charge on any atom is -0.380 e. The maximum atomic E-state index is 12.2. The number of carbonyl (C=O) groups excluding carboxylic acids is 1. The number of para-hydroxylation sites is 1. The van der Waals surface area contributed by atoms with Crippen LogP contribution in [0.5, 0.6) is 0 Å². The van der Waals surface area contributed by atoms with E-state index in [4.69, 9.17) is 4.74 Å². The number of ether oxygens (including phenoxy) is 1. The Labute approximate surface area is 139 Å². The summed E-state index contributed by atoms with van der Waals surface area (Å²) in [6, 6.07) is 9.36. The van der Waals surface area contributed by atoms with Crippen LogP contribution in [0.2, 0.25) is 0 Å². The van der Waals surface area contributed by atoms with Gasteiger partial charge in [0, 0.05) is 19.3 Å². The normalized spacial score (nSPS) is 18.7. The van der Waals surface area contributed by atoms with Crippen LogP contribution in [-0.2, 0) is 11.3 Å². The van der Waals surface area contributed by atoms with E-state index in [-0.39, 0.29) is 12.0 Å². The van der Waals surface area contributed by atoms with Gasteiger partial charge in [-0.05, 0) is 31.5 Å². The van der Waals surface area contributed by atoms with Crippen LogP contribution < -0.4 is 5.32 Å². The minimum absolute atomic E-state index is 0.214. The Morgan fingerprint density at radius 3 is 3.00 bits per heavy atom. The predicted octanol–water partition coefficient (Wildman–Crippen LogP) is 2.40. The minimum atomic E-state index is -0.214. The molecule has 3 rings (SSSR count). The third-order valence-electron chi connectivity index (χ3n) is 3.85. The molecule has 0 saturated carbocycles. The van der Waals surface area contributed by atoms with Crippen LogP contribution in [0.1, 0.15) is 27.7 Å². The zero-order chi connectivity index (χ0) is 16.1. The molecule has 1 aliphatic heterocycles. The van der Waals surface area contributed by atoms with Crippen LogP contribution in [0.3, 0.4) is 0 Å². The van der Waals surface area contributed by atoms with Gasteiger partial charge in [-0.25, -0.2) is 0 Å². The highest BCUT2D eigenvalue weighted by molar-refractivity contribution is 7.13. The molecule has 0 bridgehead atoms. The van der Waals surface area contributed by atoms with Crippen molar-refractivity contribution in [1.29, 1.82) is 0 Å². The monoisotopic (exact) mass is 332 g/mol. The molecule has 0 unspecified atom stereocenters. The average molecular weight is 332 g/mol. The first-order valence-electron chi connectivity index (χ1n) is 7.68. The van der Waals surface area contributed by atoms with Crippen molar-refractivity contribution in [3.63, 3.8) is 0 Å². The zero-order valence-corrected chi connectivity index (χ0v) is 13.9. The van der Waals surface area contributed by atoms with Gasteiger partial charge in [0.05, 0.1) is 12.6 Å². The fourth-order valence-electron chi connectivity index (χ4n) is 2.66. The molecule has 6 nitrogen and oxygen atoms in total. The summed E-state index contributed by atoms with van der Waals surface area (Å²) in [7, 11) is 1.76. The van der Waals surface area contributed by atoms with Crippen LogP contribution in [0.15, 0.2) is 30.3 Å². The number of hydrogen-bond donors (Lipinski definition) is 1. The van der Waals surface area contributed by atoms with E-state index in [9.17, 15) is 4.79 Å². The number of nitrogens with one attached hydrogen (secondary N) is 1. The molecular weight excluding hydrogens is 312 g/mol. The molecule has 1 N–H and O–H groups in total. The van der Waals surface area contributed by atoms with Gasteiger partial charge in [-0.3, -0.25) is 9.69 Å². The summed E-state index contributed by atoms with van der Waals surface area (Å²) in [6.07, 6.45) is 2.52. The summed E-state index contributed by atoms with van der Waals surface area (Å²) in [5.41, 5.74) is 0.758.